The van der Waals surface area contributed by atoms with Gasteiger partial charge in [0.2, 0.25) is 0 Å². The highest BCUT2D eigenvalue weighted by Gasteiger charge is 2.55. The summed E-state index contributed by atoms with van der Waals surface area (Å²) in [6, 6.07) is 0.883. The number of rotatable bonds is 4. The minimum absolute atomic E-state index is 0.754. The van der Waals surface area contributed by atoms with Gasteiger partial charge < -0.3 is 14.8 Å². The molecule has 1 aromatic heterocycles. The summed E-state index contributed by atoms with van der Waals surface area (Å²) in [5.41, 5.74) is 0. The lowest BCUT2D eigenvalue weighted by molar-refractivity contribution is 0.0538. The van der Waals surface area contributed by atoms with Crippen molar-refractivity contribution in [2.24, 2.45) is 17.8 Å². The van der Waals surface area contributed by atoms with Crippen LogP contribution in [0.15, 0.2) is 12.4 Å². The second kappa shape index (κ2) is 5.89. The lowest BCUT2D eigenvalue weighted by atomic mass is 9.81. The van der Waals surface area contributed by atoms with E-state index >= 15 is 0 Å². The van der Waals surface area contributed by atoms with Crippen LogP contribution in [0.1, 0.15) is 50.3 Å². The zero-order valence-corrected chi connectivity index (χ0v) is 14.2. The summed E-state index contributed by atoms with van der Waals surface area (Å²) >= 11 is 0. The van der Waals surface area contributed by atoms with Crippen molar-refractivity contribution in [3.8, 4) is 0 Å². The van der Waals surface area contributed by atoms with Crippen LogP contribution in [0.2, 0.25) is 0 Å². The number of imidazole rings is 1. The van der Waals surface area contributed by atoms with Gasteiger partial charge in [-0.2, -0.15) is 0 Å². The van der Waals surface area contributed by atoms with E-state index in [9.17, 15) is 0 Å². The SMILES string of the molecule is c1cn(CC[C@@H]2CCCN3CCCC[C@H]23)c(C2[C@H]3CNC[C@@H]23)n1. The van der Waals surface area contributed by atoms with Gasteiger partial charge in [-0.3, -0.25) is 0 Å². The summed E-state index contributed by atoms with van der Waals surface area (Å²) < 4.78 is 2.49. The van der Waals surface area contributed by atoms with Crippen LogP contribution in [-0.4, -0.2) is 46.7 Å². The molecule has 0 aromatic carbocycles. The van der Waals surface area contributed by atoms with Gasteiger partial charge in [0.25, 0.3) is 0 Å². The van der Waals surface area contributed by atoms with E-state index < -0.39 is 0 Å². The molecule has 1 aliphatic carbocycles. The number of hydrogen-bond donors (Lipinski definition) is 1. The highest BCUT2D eigenvalue weighted by molar-refractivity contribution is 5.20. The Labute approximate surface area is 139 Å². The predicted molar refractivity (Wildman–Crippen MR) is 91.4 cm³/mol. The van der Waals surface area contributed by atoms with E-state index in [0.717, 1.165) is 29.7 Å². The maximum atomic E-state index is 4.73. The molecule has 0 spiro atoms. The molecular formula is C19H30N4. The van der Waals surface area contributed by atoms with E-state index in [2.05, 4.69) is 21.0 Å². The monoisotopic (exact) mass is 314 g/mol. The number of fused-ring (bicyclic) bond motifs is 2. The molecule has 1 unspecified atom stereocenters. The fourth-order valence-corrected chi connectivity index (χ4v) is 5.83. The molecule has 4 heteroatoms. The van der Waals surface area contributed by atoms with Gasteiger partial charge in [-0.05, 0) is 76.0 Å². The molecule has 4 heterocycles. The van der Waals surface area contributed by atoms with Crippen LogP contribution < -0.4 is 5.32 Å². The van der Waals surface area contributed by atoms with Gasteiger partial charge >= 0.3 is 0 Å². The normalized spacial score (nSPS) is 39.9. The van der Waals surface area contributed by atoms with Crippen molar-refractivity contribution < 1.29 is 0 Å². The molecule has 1 N–H and O–H groups in total. The van der Waals surface area contributed by atoms with Crippen molar-refractivity contribution in [3.05, 3.63) is 18.2 Å². The highest BCUT2D eigenvalue weighted by Crippen LogP contribution is 2.55. The topological polar surface area (TPSA) is 33.1 Å². The Morgan fingerprint density at radius 1 is 1.09 bits per heavy atom. The third-order valence-electron chi connectivity index (χ3n) is 7.11. The first-order chi connectivity index (χ1) is 11.4. The Balaban J connectivity index is 1.24. The molecule has 0 radical (unpaired) electrons. The van der Waals surface area contributed by atoms with Gasteiger partial charge in [0.05, 0.1) is 0 Å². The predicted octanol–water partition coefficient (Wildman–Crippen LogP) is 2.47. The van der Waals surface area contributed by atoms with Gasteiger partial charge in [-0.1, -0.05) is 6.42 Å². The van der Waals surface area contributed by atoms with Crippen LogP contribution >= 0.6 is 0 Å². The average molecular weight is 314 g/mol. The second-order valence-electron chi connectivity index (χ2n) is 8.28. The summed E-state index contributed by atoms with van der Waals surface area (Å²) in [5, 5.41) is 3.51. The molecule has 5 rings (SSSR count). The van der Waals surface area contributed by atoms with Gasteiger partial charge in [0.1, 0.15) is 5.82 Å². The molecule has 126 valence electrons. The molecule has 4 aliphatic rings. The summed E-state index contributed by atoms with van der Waals surface area (Å²) in [5.74, 6) is 4.81. The fraction of sp³-hybridized carbons (Fsp3) is 0.842. The van der Waals surface area contributed by atoms with E-state index in [1.165, 1.54) is 77.1 Å². The maximum absolute atomic E-state index is 4.73. The Hall–Kier alpha value is -0.870. The lowest BCUT2D eigenvalue weighted by Gasteiger charge is -2.44. The summed E-state index contributed by atoms with van der Waals surface area (Å²) in [6.45, 7) is 6.32. The first kappa shape index (κ1) is 14.5. The van der Waals surface area contributed by atoms with Crippen LogP contribution in [0.25, 0.3) is 0 Å². The number of nitrogens with zero attached hydrogens (tertiary/aromatic N) is 3. The van der Waals surface area contributed by atoms with Crippen LogP contribution in [-0.2, 0) is 6.54 Å². The Kier molecular flexibility index (Phi) is 3.71. The van der Waals surface area contributed by atoms with Crippen molar-refractivity contribution in [3.63, 3.8) is 0 Å². The minimum atomic E-state index is 0.754. The highest BCUT2D eigenvalue weighted by atomic mass is 15.2. The van der Waals surface area contributed by atoms with Crippen molar-refractivity contribution in [2.45, 2.75) is 57.0 Å². The third kappa shape index (κ3) is 2.54. The maximum Gasteiger partial charge on any atom is 0.112 e. The smallest absolute Gasteiger partial charge is 0.112 e. The van der Waals surface area contributed by atoms with E-state index in [4.69, 9.17) is 4.98 Å². The number of piperidine rings is 3. The standard InChI is InChI=1S/C19H30N4/c1-2-8-22-9-3-4-14(17(22)5-1)6-10-23-11-7-21-19(23)18-15-12-20-13-16(15)18/h7,11,14-18,20H,1-6,8-10,12-13H2/t14-,15-,16+,17+,18?/m0/s1. The molecule has 4 nitrogen and oxygen atoms in total. The summed E-state index contributed by atoms with van der Waals surface area (Å²) in [4.78, 5) is 7.53. The minimum Gasteiger partial charge on any atom is -0.335 e. The molecular weight excluding hydrogens is 284 g/mol. The van der Waals surface area contributed by atoms with Crippen molar-refractivity contribution in [1.29, 1.82) is 0 Å². The molecule has 1 saturated carbocycles. The number of nitrogens with one attached hydrogen (secondary N) is 1. The largest absolute Gasteiger partial charge is 0.335 e. The van der Waals surface area contributed by atoms with Crippen molar-refractivity contribution in [2.75, 3.05) is 26.2 Å². The first-order valence-electron chi connectivity index (χ1n) is 9.87. The molecule has 23 heavy (non-hydrogen) atoms. The summed E-state index contributed by atoms with van der Waals surface area (Å²) in [7, 11) is 0. The van der Waals surface area contributed by atoms with Crippen LogP contribution in [0.4, 0.5) is 0 Å². The van der Waals surface area contributed by atoms with Gasteiger partial charge in [-0.25, -0.2) is 4.98 Å². The Morgan fingerprint density at radius 3 is 2.87 bits per heavy atom. The van der Waals surface area contributed by atoms with Crippen molar-refractivity contribution >= 4 is 0 Å². The Morgan fingerprint density at radius 2 is 1.96 bits per heavy atom. The quantitative estimate of drug-likeness (QED) is 0.927. The van der Waals surface area contributed by atoms with E-state index in [-0.39, 0.29) is 0 Å². The van der Waals surface area contributed by atoms with Gasteiger partial charge in [-0.15, -0.1) is 0 Å². The van der Waals surface area contributed by atoms with Crippen LogP contribution in [0.5, 0.6) is 0 Å². The van der Waals surface area contributed by atoms with Gasteiger partial charge in [0, 0.05) is 30.9 Å². The van der Waals surface area contributed by atoms with E-state index in [1.54, 1.807) is 0 Å². The second-order valence-corrected chi connectivity index (χ2v) is 8.28. The molecule has 0 amide bonds. The number of aryl methyl sites for hydroxylation is 1. The number of hydrogen-bond acceptors (Lipinski definition) is 3. The Bertz CT molecular complexity index is 541. The molecule has 3 aliphatic heterocycles. The van der Waals surface area contributed by atoms with E-state index in [1.807, 2.05) is 6.20 Å². The molecule has 5 atom stereocenters. The zero-order valence-electron chi connectivity index (χ0n) is 14.2. The molecule has 4 fully saturated rings. The number of aromatic nitrogens is 2. The average Bonchev–Trinajstić information content (AvgIpc) is 2.98. The van der Waals surface area contributed by atoms with Crippen LogP contribution in [0.3, 0.4) is 0 Å². The van der Waals surface area contributed by atoms with Crippen molar-refractivity contribution in [1.82, 2.24) is 19.8 Å². The first-order valence-corrected chi connectivity index (χ1v) is 9.87. The zero-order chi connectivity index (χ0) is 15.2. The fourth-order valence-electron chi connectivity index (χ4n) is 5.83. The molecule has 0 bridgehead atoms. The van der Waals surface area contributed by atoms with Gasteiger partial charge in [0.15, 0.2) is 0 Å². The molecule has 1 aromatic rings. The molecule has 3 saturated heterocycles. The third-order valence-corrected chi connectivity index (χ3v) is 7.11. The summed E-state index contributed by atoms with van der Waals surface area (Å²) in [6.07, 6.45) is 12.8. The van der Waals surface area contributed by atoms with E-state index in [0.29, 0.717) is 0 Å². The lowest BCUT2D eigenvalue weighted by Crippen LogP contribution is -2.48. The van der Waals surface area contributed by atoms with Crippen LogP contribution in [0, 0.1) is 17.8 Å².